The van der Waals surface area contributed by atoms with E-state index in [0.717, 1.165) is 11.1 Å². The standard InChI is InChI=1S/C20H23FN4O2/c1-12(21)27-15-6-8-19(9-7-15)11-13-4-5-14(23-2)10-16(13)20(19)17(26)25(3)18(22)24-20/h4-5,10,12,15H,6-9,11H2,1,3H3,(H2,22,24). The van der Waals surface area contributed by atoms with E-state index in [1.54, 1.807) is 19.2 Å². The maximum atomic E-state index is 13.4. The fourth-order valence-electron chi connectivity index (χ4n) is 5.15. The van der Waals surface area contributed by atoms with Gasteiger partial charge in [-0.15, -0.1) is 0 Å². The predicted molar refractivity (Wildman–Crippen MR) is 98.8 cm³/mol. The van der Waals surface area contributed by atoms with Gasteiger partial charge in [-0.2, -0.15) is 0 Å². The Hall–Kier alpha value is -2.46. The van der Waals surface area contributed by atoms with Crippen molar-refractivity contribution in [3.05, 3.63) is 40.7 Å². The average molecular weight is 370 g/mol. The highest BCUT2D eigenvalue weighted by Gasteiger charge is 2.66. The summed E-state index contributed by atoms with van der Waals surface area (Å²) in [5.74, 6) is 0.0651. The summed E-state index contributed by atoms with van der Waals surface area (Å²) in [4.78, 5) is 23.0. The third-order valence-corrected chi connectivity index (χ3v) is 6.42. The zero-order chi connectivity index (χ0) is 19.4. The molecule has 1 aromatic carbocycles. The fourth-order valence-corrected chi connectivity index (χ4v) is 5.15. The number of aliphatic imine (C=N–C) groups is 1. The van der Waals surface area contributed by atoms with Gasteiger partial charge in [0.25, 0.3) is 5.91 Å². The van der Waals surface area contributed by atoms with Gasteiger partial charge in [0.15, 0.2) is 23.5 Å². The third kappa shape index (κ3) is 2.39. The second-order valence-electron chi connectivity index (χ2n) is 7.83. The zero-order valence-corrected chi connectivity index (χ0v) is 15.5. The van der Waals surface area contributed by atoms with Crippen LogP contribution in [0.3, 0.4) is 0 Å². The number of rotatable bonds is 2. The quantitative estimate of drug-likeness (QED) is 0.814. The highest BCUT2D eigenvalue weighted by Crippen LogP contribution is 2.62. The van der Waals surface area contributed by atoms with E-state index in [4.69, 9.17) is 22.0 Å². The molecule has 6 nitrogen and oxygen atoms in total. The van der Waals surface area contributed by atoms with Crippen molar-refractivity contribution in [2.75, 3.05) is 7.05 Å². The van der Waals surface area contributed by atoms with Crippen molar-refractivity contribution < 1.29 is 13.9 Å². The van der Waals surface area contributed by atoms with Crippen LogP contribution in [0.5, 0.6) is 0 Å². The minimum atomic E-state index is -1.30. The Morgan fingerprint density at radius 3 is 2.70 bits per heavy atom. The molecule has 1 heterocycles. The smallest absolute Gasteiger partial charge is 0.262 e. The summed E-state index contributed by atoms with van der Waals surface area (Å²) in [6.07, 6.45) is 2.00. The number of halogens is 1. The van der Waals surface area contributed by atoms with Crippen molar-refractivity contribution in [3.8, 4) is 0 Å². The first-order chi connectivity index (χ1) is 12.8. The number of likely N-dealkylation sites (N-methyl/N-ethyl adjacent to an activating group) is 1. The van der Waals surface area contributed by atoms with Crippen LogP contribution in [0.4, 0.5) is 10.1 Å². The van der Waals surface area contributed by atoms with E-state index in [0.29, 0.717) is 37.8 Å². The number of nitrogens with zero attached hydrogens (tertiary/aromatic N) is 3. The number of benzene rings is 1. The monoisotopic (exact) mass is 370 g/mol. The number of carbonyl (C=O) groups excluding carboxylic acids is 1. The van der Waals surface area contributed by atoms with Crippen LogP contribution in [0.15, 0.2) is 23.2 Å². The molecule has 1 amide bonds. The second kappa shape index (κ2) is 6.03. The second-order valence-corrected chi connectivity index (χ2v) is 7.83. The zero-order valence-electron chi connectivity index (χ0n) is 15.5. The van der Waals surface area contributed by atoms with E-state index >= 15 is 0 Å². The first-order valence-corrected chi connectivity index (χ1v) is 9.27. The molecule has 2 unspecified atom stereocenters. The van der Waals surface area contributed by atoms with Gasteiger partial charge in [-0.1, -0.05) is 18.2 Å². The molecule has 1 fully saturated rings. The largest absolute Gasteiger partial charge is 0.369 e. The summed E-state index contributed by atoms with van der Waals surface area (Å²) in [5, 5.41) is 0. The molecule has 0 aromatic heterocycles. The number of ether oxygens (including phenoxy) is 1. The average Bonchev–Trinajstić information content (AvgIpc) is 3.04. The van der Waals surface area contributed by atoms with E-state index in [1.165, 1.54) is 11.8 Å². The molecule has 4 rings (SSSR count). The molecule has 1 aliphatic heterocycles. The Kier molecular flexibility index (Phi) is 4.00. The van der Waals surface area contributed by atoms with Crippen molar-refractivity contribution in [1.29, 1.82) is 0 Å². The maximum absolute atomic E-state index is 13.4. The number of nitrogens with two attached hydrogens (primary N) is 1. The van der Waals surface area contributed by atoms with Crippen LogP contribution in [0.1, 0.15) is 43.7 Å². The number of fused-ring (bicyclic) bond motifs is 3. The maximum Gasteiger partial charge on any atom is 0.262 e. The minimum Gasteiger partial charge on any atom is -0.369 e. The van der Waals surface area contributed by atoms with E-state index in [9.17, 15) is 9.18 Å². The summed E-state index contributed by atoms with van der Waals surface area (Å²) in [6.45, 7) is 8.73. The summed E-state index contributed by atoms with van der Waals surface area (Å²) in [7, 11) is 1.64. The predicted octanol–water partition coefficient (Wildman–Crippen LogP) is 3.04. The lowest BCUT2D eigenvalue weighted by Crippen LogP contribution is -2.51. The highest BCUT2D eigenvalue weighted by atomic mass is 19.1. The Balaban J connectivity index is 1.80. The van der Waals surface area contributed by atoms with Gasteiger partial charge in [0.2, 0.25) is 0 Å². The van der Waals surface area contributed by atoms with Crippen LogP contribution in [0.25, 0.3) is 4.85 Å². The van der Waals surface area contributed by atoms with Crippen molar-refractivity contribution in [1.82, 2.24) is 4.90 Å². The molecule has 0 radical (unpaired) electrons. The van der Waals surface area contributed by atoms with E-state index < -0.39 is 17.3 Å². The van der Waals surface area contributed by atoms with Crippen LogP contribution in [0.2, 0.25) is 0 Å². The van der Waals surface area contributed by atoms with Gasteiger partial charge in [0.05, 0.1) is 12.7 Å². The van der Waals surface area contributed by atoms with E-state index in [1.807, 2.05) is 6.07 Å². The topological polar surface area (TPSA) is 72.3 Å². The Bertz CT molecular complexity index is 867. The molecule has 0 bridgehead atoms. The van der Waals surface area contributed by atoms with Crippen LogP contribution in [-0.4, -0.2) is 36.3 Å². The van der Waals surface area contributed by atoms with Gasteiger partial charge in [-0.05, 0) is 50.2 Å². The van der Waals surface area contributed by atoms with Crippen molar-refractivity contribution in [2.45, 2.75) is 57.0 Å². The summed E-state index contributed by atoms with van der Waals surface area (Å²) in [6, 6.07) is 5.51. The SMILES string of the molecule is [C-]#[N+]c1ccc2c(c1)C1(N=C(N)N(C)C1=O)C1(CCC(OC(C)F)CC1)C2. The van der Waals surface area contributed by atoms with Gasteiger partial charge in [0.1, 0.15) is 0 Å². The molecule has 142 valence electrons. The fraction of sp³-hybridized carbons (Fsp3) is 0.550. The van der Waals surface area contributed by atoms with Gasteiger partial charge < -0.3 is 10.5 Å². The van der Waals surface area contributed by atoms with Crippen molar-refractivity contribution in [3.63, 3.8) is 0 Å². The number of guanidine groups is 1. The number of alkyl halides is 1. The van der Waals surface area contributed by atoms with Gasteiger partial charge in [-0.25, -0.2) is 14.2 Å². The Morgan fingerprint density at radius 2 is 2.15 bits per heavy atom. The number of hydrogen-bond donors (Lipinski definition) is 1. The Labute approximate surface area is 158 Å². The third-order valence-electron chi connectivity index (χ3n) is 6.42. The Morgan fingerprint density at radius 1 is 1.44 bits per heavy atom. The summed E-state index contributed by atoms with van der Waals surface area (Å²) in [5.41, 5.74) is 6.88. The number of amides is 1. The number of carbonyl (C=O) groups is 1. The van der Waals surface area contributed by atoms with Crippen molar-refractivity contribution in [2.24, 2.45) is 16.1 Å². The summed E-state index contributed by atoms with van der Waals surface area (Å²) >= 11 is 0. The highest BCUT2D eigenvalue weighted by molar-refractivity contribution is 6.08. The van der Waals surface area contributed by atoms with Crippen LogP contribution in [-0.2, 0) is 21.5 Å². The molecular formula is C20H23FN4O2. The van der Waals surface area contributed by atoms with E-state index in [2.05, 4.69) is 4.85 Å². The first-order valence-electron chi connectivity index (χ1n) is 9.27. The molecule has 1 aromatic rings. The number of hydrogen-bond acceptors (Lipinski definition) is 4. The van der Waals surface area contributed by atoms with Crippen LogP contribution < -0.4 is 5.73 Å². The lowest BCUT2D eigenvalue weighted by atomic mass is 9.61. The molecule has 1 saturated carbocycles. The lowest BCUT2D eigenvalue weighted by molar-refractivity contribution is -0.140. The molecule has 7 heteroatoms. The van der Waals surface area contributed by atoms with Crippen LogP contribution in [0, 0.1) is 12.0 Å². The molecule has 0 saturated heterocycles. The molecular weight excluding hydrogens is 347 g/mol. The van der Waals surface area contributed by atoms with E-state index in [-0.39, 0.29) is 18.0 Å². The molecule has 3 aliphatic rings. The van der Waals surface area contributed by atoms with Gasteiger partial charge in [0, 0.05) is 12.5 Å². The molecule has 2 aliphatic carbocycles. The molecule has 27 heavy (non-hydrogen) atoms. The molecule has 2 atom stereocenters. The first kappa shape index (κ1) is 17.9. The van der Waals surface area contributed by atoms with Crippen molar-refractivity contribution >= 4 is 17.6 Å². The van der Waals surface area contributed by atoms with Gasteiger partial charge >= 0.3 is 0 Å². The van der Waals surface area contributed by atoms with Crippen LogP contribution >= 0.6 is 0 Å². The normalized spacial score (nSPS) is 33.3. The summed E-state index contributed by atoms with van der Waals surface area (Å²) < 4.78 is 18.6. The minimum absolute atomic E-state index is 0.140. The molecule has 2 N–H and O–H groups in total. The van der Waals surface area contributed by atoms with Gasteiger partial charge in [-0.3, -0.25) is 9.69 Å². The molecule has 2 spiro atoms. The lowest BCUT2D eigenvalue weighted by Gasteiger charge is -2.45.